The van der Waals surface area contributed by atoms with Crippen molar-refractivity contribution in [3.63, 3.8) is 0 Å². The van der Waals surface area contributed by atoms with E-state index in [1.54, 1.807) is 0 Å². The minimum Gasteiger partial charge on any atom is -0.424 e. The maximum absolute atomic E-state index is 12.4. The fraction of sp³-hybridized carbons (Fsp3) is 0.550. The van der Waals surface area contributed by atoms with Crippen LogP contribution in [0.15, 0.2) is 28.7 Å². The topological polar surface area (TPSA) is 83.7 Å². The van der Waals surface area contributed by atoms with Crippen LogP contribution in [0.3, 0.4) is 0 Å². The van der Waals surface area contributed by atoms with Crippen molar-refractivity contribution in [3.05, 3.63) is 36.0 Å². The fourth-order valence-electron chi connectivity index (χ4n) is 3.28. The molecule has 0 unspecified atom stereocenters. The zero-order valence-electron chi connectivity index (χ0n) is 16.3. The Morgan fingerprint density at radius 2 is 1.96 bits per heavy atom. The van der Waals surface area contributed by atoms with E-state index >= 15 is 0 Å². The Bertz CT molecular complexity index is 781. The van der Waals surface area contributed by atoms with Crippen molar-refractivity contribution in [2.75, 3.05) is 49.6 Å². The average Bonchev–Trinajstić information content (AvgIpc) is 3.48. The molecular formula is C20H27N5O3. The van der Waals surface area contributed by atoms with Gasteiger partial charge in [-0.2, -0.15) is 0 Å². The lowest BCUT2D eigenvalue weighted by molar-refractivity contribution is -0.117. The van der Waals surface area contributed by atoms with E-state index in [-0.39, 0.29) is 12.5 Å². The first kappa shape index (κ1) is 18.9. The van der Waals surface area contributed by atoms with Crippen LogP contribution in [-0.4, -0.2) is 60.4 Å². The number of ether oxygens (including phenoxy) is 1. The number of carbonyl (C=O) groups is 1. The first-order valence-electron chi connectivity index (χ1n) is 9.98. The molecule has 4 rings (SSSR count). The normalized spacial score (nSPS) is 17.1. The third-order valence-corrected chi connectivity index (χ3v) is 5.11. The molecule has 28 heavy (non-hydrogen) atoms. The molecule has 2 fully saturated rings. The highest BCUT2D eigenvalue weighted by Crippen LogP contribution is 2.39. The Morgan fingerprint density at radius 3 is 2.64 bits per heavy atom. The van der Waals surface area contributed by atoms with Gasteiger partial charge >= 0.3 is 0 Å². The predicted octanol–water partition coefficient (Wildman–Crippen LogP) is 2.24. The average molecular weight is 385 g/mol. The van der Waals surface area contributed by atoms with Crippen molar-refractivity contribution in [2.24, 2.45) is 0 Å². The van der Waals surface area contributed by atoms with Gasteiger partial charge in [0.05, 0.1) is 26.3 Å². The SMILES string of the molecule is CCN(CC(=O)Nc1ccc(N2CCOCC2)cc1)Cc1nnc(C2CC2)o1. The number of hydrogen-bond acceptors (Lipinski definition) is 7. The molecule has 1 aliphatic heterocycles. The quantitative estimate of drug-likeness (QED) is 0.746. The molecule has 1 saturated heterocycles. The minimum atomic E-state index is -0.0529. The van der Waals surface area contributed by atoms with Crippen LogP contribution < -0.4 is 10.2 Å². The van der Waals surface area contributed by atoms with Crippen molar-refractivity contribution in [1.29, 1.82) is 0 Å². The number of amides is 1. The monoisotopic (exact) mass is 385 g/mol. The fourth-order valence-corrected chi connectivity index (χ4v) is 3.28. The number of nitrogens with one attached hydrogen (secondary N) is 1. The molecule has 8 heteroatoms. The van der Waals surface area contributed by atoms with Crippen molar-refractivity contribution < 1.29 is 13.9 Å². The smallest absolute Gasteiger partial charge is 0.238 e. The van der Waals surface area contributed by atoms with Crippen molar-refractivity contribution in [1.82, 2.24) is 15.1 Å². The highest BCUT2D eigenvalue weighted by molar-refractivity contribution is 5.92. The lowest BCUT2D eigenvalue weighted by Crippen LogP contribution is -2.36. The van der Waals surface area contributed by atoms with E-state index in [0.717, 1.165) is 63.0 Å². The molecule has 0 bridgehead atoms. The van der Waals surface area contributed by atoms with Gasteiger partial charge in [0.15, 0.2) is 0 Å². The molecule has 1 aliphatic carbocycles. The molecule has 150 valence electrons. The van der Waals surface area contributed by atoms with Gasteiger partial charge in [-0.25, -0.2) is 0 Å². The van der Waals surface area contributed by atoms with E-state index in [0.29, 0.717) is 18.4 Å². The summed E-state index contributed by atoms with van der Waals surface area (Å²) in [6.45, 7) is 6.82. The number of benzene rings is 1. The van der Waals surface area contributed by atoms with Gasteiger partial charge in [0.1, 0.15) is 0 Å². The molecule has 1 saturated carbocycles. The zero-order valence-corrected chi connectivity index (χ0v) is 16.3. The number of morpholine rings is 1. The van der Waals surface area contributed by atoms with E-state index in [1.807, 2.05) is 36.1 Å². The Morgan fingerprint density at radius 1 is 1.21 bits per heavy atom. The summed E-state index contributed by atoms with van der Waals surface area (Å²) in [5, 5.41) is 11.2. The summed E-state index contributed by atoms with van der Waals surface area (Å²) in [4.78, 5) is 16.7. The van der Waals surface area contributed by atoms with Gasteiger partial charge in [-0.05, 0) is 43.7 Å². The summed E-state index contributed by atoms with van der Waals surface area (Å²) in [5.74, 6) is 1.70. The van der Waals surface area contributed by atoms with Crippen LogP contribution in [-0.2, 0) is 16.1 Å². The standard InChI is InChI=1S/C20H27N5O3/c1-2-24(14-19-22-23-20(28-19)15-3-4-15)13-18(26)21-16-5-7-17(8-6-16)25-9-11-27-12-10-25/h5-8,15H,2-4,9-14H2,1H3,(H,21,26). The number of anilines is 2. The molecule has 1 aromatic carbocycles. The molecule has 2 aromatic rings. The molecule has 1 N–H and O–H groups in total. The molecule has 2 aliphatic rings. The lowest BCUT2D eigenvalue weighted by atomic mass is 10.2. The molecule has 1 aromatic heterocycles. The number of carbonyl (C=O) groups excluding carboxylic acids is 1. The molecule has 0 spiro atoms. The predicted molar refractivity (Wildman–Crippen MR) is 105 cm³/mol. The maximum Gasteiger partial charge on any atom is 0.238 e. The summed E-state index contributed by atoms with van der Waals surface area (Å²) in [6, 6.07) is 7.96. The van der Waals surface area contributed by atoms with Crippen molar-refractivity contribution in [3.8, 4) is 0 Å². The van der Waals surface area contributed by atoms with Gasteiger partial charge in [0.25, 0.3) is 0 Å². The molecule has 1 amide bonds. The van der Waals surface area contributed by atoms with Gasteiger partial charge < -0.3 is 19.4 Å². The second kappa shape index (κ2) is 8.70. The molecule has 8 nitrogen and oxygen atoms in total. The Kier molecular flexibility index (Phi) is 5.87. The molecular weight excluding hydrogens is 358 g/mol. The lowest BCUT2D eigenvalue weighted by Gasteiger charge is -2.28. The van der Waals surface area contributed by atoms with Gasteiger partial charge in [0.2, 0.25) is 17.7 Å². The Hall–Kier alpha value is -2.45. The molecule has 2 heterocycles. The van der Waals surface area contributed by atoms with E-state index in [4.69, 9.17) is 9.15 Å². The van der Waals surface area contributed by atoms with E-state index in [1.165, 1.54) is 0 Å². The van der Waals surface area contributed by atoms with E-state index < -0.39 is 0 Å². The third kappa shape index (κ3) is 4.88. The van der Waals surface area contributed by atoms with Crippen LogP contribution in [0.1, 0.15) is 37.5 Å². The van der Waals surface area contributed by atoms with E-state index in [2.05, 4.69) is 20.4 Å². The number of rotatable bonds is 8. The maximum atomic E-state index is 12.4. The van der Waals surface area contributed by atoms with Gasteiger partial charge in [-0.1, -0.05) is 6.92 Å². The van der Waals surface area contributed by atoms with Gasteiger partial charge in [-0.15, -0.1) is 10.2 Å². The Balaban J connectivity index is 1.28. The second-order valence-corrected chi connectivity index (χ2v) is 7.31. The number of nitrogens with zero attached hydrogens (tertiary/aromatic N) is 4. The zero-order chi connectivity index (χ0) is 19.3. The largest absolute Gasteiger partial charge is 0.424 e. The minimum absolute atomic E-state index is 0.0529. The number of likely N-dealkylation sites (N-methyl/N-ethyl adjacent to an activating group) is 1. The van der Waals surface area contributed by atoms with Crippen LogP contribution in [0.2, 0.25) is 0 Å². The van der Waals surface area contributed by atoms with Crippen molar-refractivity contribution >= 4 is 17.3 Å². The summed E-state index contributed by atoms with van der Waals surface area (Å²) < 4.78 is 11.1. The molecule has 0 atom stereocenters. The van der Waals surface area contributed by atoms with Crippen LogP contribution in [0.5, 0.6) is 0 Å². The van der Waals surface area contributed by atoms with Crippen LogP contribution in [0, 0.1) is 0 Å². The summed E-state index contributed by atoms with van der Waals surface area (Å²) in [5.41, 5.74) is 1.95. The van der Waals surface area contributed by atoms with Gasteiger partial charge in [-0.3, -0.25) is 9.69 Å². The Labute approximate surface area is 164 Å². The van der Waals surface area contributed by atoms with Crippen LogP contribution >= 0.6 is 0 Å². The summed E-state index contributed by atoms with van der Waals surface area (Å²) in [6.07, 6.45) is 2.26. The second-order valence-electron chi connectivity index (χ2n) is 7.31. The highest BCUT2D eigenvalue weighted by atomic mass is 16.5. The van der Waals surface area contributed by atoms with Crippen molar-refractivity contribution in [2.45, 2.75) is 32.2 Å². The van der Waals surface area contributed by atoms with E-state index in [9.17, 15) is 4.79 Å². The van der Waals surface area contributed by atoms with Crippen LogP contribution in [0.25, 0.3) is 0 Å². The molecule has 0 radical (unpaired) electrons. The first-order chi connectivity index (χ1) is 13.7. The summed E-state index contributed by atoms with van der Waals surface area (Å²) in [7, 11) is 0. The third-order valence-electron chi connectivity index (χ3n) is 5.11. The summed E-state index contributed by atoms with van der Waals surface area (Å²) >= 11 is 0. The first-order valence-corrected chi connectivity index (χ1v) is 9.98. The van der Waals surface area contributed by atoms with Crippen LogP contribution in [0.4, 0.5) is 11.4 Å². The highest BCUT2D eigenvalue weighted by Gasteiger charge is 2.29. The van der Waals surface area contributed by atoms with Gasteiger partial charge in [0, 0.05) is 30.4 Å². The number of hydrogen-bond donors (Lipinski definition) is 1. The number of aromatic nitrogens is 2.